The van der Waals surface area contributed by atoms with Gasteiger partial charge in [-0.3, -0.25) is 4.79 Å². The Bertz CT molecular complexity index is 388. The third-order valence-corrected chi connectivity index (χ3v) is 3.84. The van der Waals surface area contributed by atoms with Crippen LogP contribution in [0.2, 0.25) is 0 Å². The van der Waals surface area contributed by atoms with E-state index in [1.807, 2.05) is 0 Å². The van der Waals surface area contributed by atoms with E-state index < -0.39 is 0 Å². The van der Waals surface area contributed by atoms with Crippen LogP contribution in [0, 0.1) is 0 Å². The summed E-state index contributed by atoms with van der Waals surface area (Å²) in [6.07, 6.45) is 7.74. The number of rotatable bonds is 6. The number of anilines is 1. The van der Waals surface area contributed by atoms with Crippen LogP contribution < -0.4 is 11.1 Å². The van der Waals surface area contributed by atoms with Crippen LogP contribution in [0.5, 0.6) is 0 Å². The topological polar surface area (TPSA) is 77.2 Å². The fraction of sp³-hybridized carbons (Fsp3) is 0.667. The molecule has 1 amide bonds. The van der Waals surface area contributed by atoms with Crippen molar-refractivity contribution in [3.05, 3.63) is 11.1 Å². The molecule has 0 bridgehead atoms. The largest absolute Gasteiger partial charge is 0.378 e. The van der Waals surface area contributed by atoms with E-state index in [9.17, 15) is 4.79 Å². The van der Waals surface area contributed by atoms with Gasteiger partial charge in [0.05, 0.1) is 12.3 Å². The molecule has 100 valence electrons. The first-order valence-corrected chi connectivity index (χ1v) is 7.18. The zero-order valence-electron chi connectivity index (χ0n) is 10.4. The van der Waals surface area contributed by atoms with E-state index in [0.29, 0.717) is 22.7 Å². The molecule has 0 atom stereocenters. The van der Waals surface area contributed by atoms with Crippen LogP contribution in [0.1, 0.15) is 41.8 Å². The average Bonchev–Trinajstić information content (AvgIpc) is 2.99. The van der Waals surface area contributed by atoms with Gasteiger partial charge < -0.3 is 15.8 Å². The van der Waals surface area contributed by atoms with Gasteiger partial charge in [-0.05, 0) is 19.3 Å². The standard InChI is InChI=1S/C12H19N3O2S/c13-12-15-8-10(18-12)11(16)14-6-3-7-17-9-4-1-2-5-9/h8-9H,1-7H2,(H2,13,15)(H,14,16). The van der Waals surface area contributed by atoms with Crippen LogP contribution in [0.25, 0.3) is 0 Å². The number of nitrogens with zero attached hydrogens (tertiary/aromatic N) is 1. The fourth-order valence-electron chi connectivity index (χ4n) is 2.06. The van der Waals surface area contributed by atoms with Crippen LogP contribution in [-0.2, 0) is 4.74 Å². The van der Waals surface area contributed by atoms with Gasteiger partial charge in [-0.2, -0.15) is 0 Å². The van der Waals surface area contributed by atoms with Gasteiger partial charge in [-0.1, -0.05) is 24.2 Å². The maximum absolute atomic E-state index is 11.6. The van der Waals surface area contributed by atoms with Crippen molar-refractivity contribution >= 4 is 22.4 Å². The van der Waals surface area contributed by atoms with Crippen molar-refractivity contribution in [2.24, 2.45) is 0 Å². The summed E-state index contributed by atoms with van der Waals surface area (Å²) in [7, 11) is 0. The summed E-state index contributed by atoms with van der Waals surface area (Å²) in [4.78, 5) is 16.0. The number of carbonyl (C=O) groups excluding carboxylic acids is 1. The number of nitrogen functional groups attached to an aromatic ring is 1. The van der Waals surface area contributed by atoms with Crippen molar-refractivity contribution in [1.82, 2.24) is 10.3 Å². The highest BCUT2D eigenvalue weighted by Gasteiger charge is 2.14. The van der Waals surface area contributed by atoms with E-state index in [-0.39, 0.29) is 5.91 Å². The lowest BCUT2D eigenvalue weighted by Crippen LogP contribution is -2.25. The molecule has 18 heavy (non-hydrogen) atoms. The number of thiazole rings is 1. The molecule has 0 unspecified atom stereocenters. The number of nitrogens with one attached hydrogen (secondary N) is 1. The van der Waals surface area contributed by atoms with E-state index in [1.54, 1.807) is 0 Å². The van der Waals surface area contributed by atoms with Gasteiger partial charge in [0.1, 0.15) is 4.88 Å². The highest BCUT2D eigenvalue weighted by atomic mass is 32.1. The van der Waals surface area contributed by atoms with Crippen LogP contribution >= 0.6 is 11.3 Å². The summed E-state index contributed by atoms with van der Waals surface area (Å²) in [5, 5.41) is 3.25. The molecule has 1 saturated carbocycles. The molecular weight excluding hydrogens is 250 g/mol. The van der Waals surface area contributed by atoms with Gasteiger partial charge in [0.25, 0.3) is 5.91 Å². The van der Waals surface area contributed by atoms with Crippen LogP contribution in [0.3, 0.4) is 0 Å². The number of amides is 1. The Balaban J connectivity index is 1.56. The highest BCUT2D eigenvalue weighted by molar-refractivity contribution is 7.17. The zero-order chi connectivity index (χ0) is 12.8. The van der Waals surface area contributed by atoms with Gasteiger partial charge >= 0.3 is 0 Å². The van der Waals surface area contributed by atoms with Crippen molar-refractivity contribution < 1.29 is 9.53 Å². The molecule has 1 aromatic rings. The predicted octanol–water partition coefficient (Wildman–Crippen LogP) is 1.80. The lowest BCUT2D eigenvalue weighted by molar-refractivity contribution is 0.0565. The van der Waals surface area contributed by atoms with Crippen molar-refractivity contribution in [2.75, 3.05) is 18.9 Å². The molecule has 2 rings (SSSR count). The van der Waals surface area contributed by atoms with Crippen molar-refractivity contribution in [3.63, 3.8) is 0 Å². The summed E-state index contributed by atoms with van der Waals surface area (Å²) in [5.41, 5.74) is 5.47. The molecule has 0 spiro atoms. The predicted molar refractivity (Wildman–Crippen MR) is 71.7 cm³/mol. The molecule has 0 saturated heterocycles. The SMILES string of the molecule is Nc1ncc(C(=O)NCCCOC2CCCC2)s1. The maximum Gasteiger partial charge on any atom is 0.263 e. The summed E-state index contributed by atoms with van der Waals surface area (Å²) in [5.74, 6) is -0.106. The molecule has 5 nitrogen and oxygen atoms in total. The third kappa shape index (κ3) is 3.96. The maximum atomic E-state index is 11.6. The number of hydrogen-bond donors (Lipinski definition) is 2. The number of ether oxygens (including phenoxy) is 1. The minimum absolute atomic E-state index is 0.106. The molecule has 0 aliphatic heterocycles. The summed E-state index contributed by atoms with van der Waals surface area (Å²) in [6.45, 7) is 1.35. The van der Waals surface area contributed by atoms with E-state index in [2.05, 4.69) is 10.3 Å². The van der Waals surface area contributed by atoms with Crippen LogP contribution in [-0.4, -0.2) is 30.1 Å². The van der Waals surface area contributed by atoms with E-state index >= 15 is 0 Å². The number of carbonyl (C=O) groups is 1. The van der Waals surface area contributed by atoms with E-state index in [4.69, 9.17) is 10.5 Å². The lowest BCUT2D eigenvalue weighted by atomic mass is 10.3. The molecular formula is C12H19N3O2S. The van der Waals surface area contributed by atoms with Crippen LogP contribution in [0.4, 0.5) is 5.13 Å². The van der Waals surface area contributed by atoms with Crippen molar-refractivity contribution in [1.29, 1.82) is 0 Å². The molecule has 1 heterocycles. The Hall–Kier alpha value is -1.14. The second-order valence-electron chi connectivity index (χ2n) is 4.45. The summed E-state index contributed by atoms with van der Waals surface area (Å²) in [6, 6.07) is 0. The molecule has 0 aromatic carbocycles. The Kier molecular flexibility index (Phi) is 4.95. The second kappa shape index (κ2) is 6.70. The fourth-order valence-corrected chi connectivity index (χ4v) is 2.66. The Morgan fingerprint density at radius 1 is 1.56 bits per heavy atom. The van der Waals surface area contributed by atoms with Crippen molar-refractivity contribution in [2.45, 2.75) is 38.2 Å². The highest BCUT2D eigenvalue weighted by Crippen LogP contribution is 2.20. The van der Waals surface area contributed by atoms with Gasteiger partial charge in [-0.15, -0.1) is 0 Å². The Morgan fingerprint density at radius 3 is 3.00 bits per heavy atom. The lowest BCUT2D eigenvalue weighted by Gasteiger charge is -2.10. The van der Waals surface area contributed by atoms with Crippen LogP contribution in [0.15, 0.2) is 6.20 Å². The Morgan fingerprint density at radius 2 is 2.33 bits per heavy atom. The molecule has 1 aliphatic rings. The van der Waals surface area contributed by atoms with Gasteiger partial charge in [-0.25, -0.2) is 4.98 Å². The van der Waals surface area contributed by atoms with Gasteiger partial charge in [0.2, 0.25) is 0 Å². The molecule has 3 N–H and O–H groups in total. The van der Waals surface area contributed by atoms with Gasteiger partial charge in [0, 0.05) is 13.2 Å². The second-order valence-corrected chi connectivity index (χ2v) is 5.51. The molecule has 1 aliphatic carbocycles. The summed E-state index contributed by atoms with van der Waals surface area (Å²) < 4.78 is 5.71. The monoisotopic (exact) mass is 269 g/mol. The molecule has 1 aromatic heterocycles. The quantitative estimate of drug-likeness (QED) is 0.772. The van der Waals surface area contributed by atoms with E-state index in [0.717, 1.165) is 13.0 Å². The van der Waals surface area contributed by atoms with E-state index in [1.165, 1.54) is 43.2 Å². The first-order valence-electron chi connectivity index (χ1n) is 6.37. The molecule has 1 fully saturated rings. The normalized spacial score (nSPS) is 16.0. The average molecular weight is 269 g/mol. The first kappa shape index (κ1) is 13.3. The minimum Gasteiger partial charge on any atom is -0.378 e. The smallest absolute Gasteiger partial charge is 0.263 e. The Labute approximate surface area is 111 Å². The number of aromatic nitrogens is 1. The zero-order valence-corrected chi connectivity index (χ0v) is 11.2. The van der Waals surface area contributed by atoms with Crippen molar-refractivity contribution in [3.8, 4) is 0 Å². The molecule has 6 heteroatoms. The first-order chi connectivity index (χ1) is 8.75. The number of hydrogen-bond acceptors (Lipinski definition) is 5. The third-order valence-electron chi connectivity index (χ3n) is 3.01. The minimum atomic E-state index is -0.106. The molecule has 0 radical (unpaired) electrons. The van der Waals surface area contributed by atoms with Gasteiger partial charge in [0.15, 0.2) is 5.13 Å². The number of nitrogens with two attached hydrogens (primary N) is 1. The summed E-state index contributed by atoms with van der Waals surface area (Å²) >= 11 is 1.20.